The number of nitrogens with two attached hydrogens (primary N) is 1. The summed E-state index contributed by atoms with van der Waals surface area (Å²) in [5, 5.41) is 2.94. The number of thiazole rings is 1. The molecule has 1 heterocycles. The van der Waals surface area contributed by atoms with Crippen LogP contribution in [-0.4, -0.2) is 4.98 Å². The average Bonchev–Trinajstić information content (AvgIpc) is 2.34. The minimum Gasteiger partial charge on any atom is -0.399 e. The SMILES string of the molecule is C=C(N)C(=C)c1csc(C)n1. The fourth-order valence-electron chi connectivity index (χ4n) is 0.667. The van der Waals surface area contributed by atoms with Gasteiger partial charge in [-0.25, -0.2) is 4.98 Å². The molecule has 1 aromatic heterocycles. The minimum atomic E-state index is 0.482. The van der Waals surface area contributed by atoms with Crippen molar-refractivity contribution in [2.24, 2.45) is 5.73 Å². The van der Waals surface area contributed by atoms with Gasteiger partial charge in [-0.2, -0.15) is 0 Å². The van der Waals surface area contributed by atoms with E-state index >= 15 is 0 Å². The Kier molecular flexibility index (Phi) is 2.10. The molecule has 1 aromatic rings. The Balaban J connectivity index is 2.94. The fraction of sp³-hybridized carbons (Fsp3) is 0.125. The molecule has 0 saturated heterocycles. The van der Waals surface area contributed by atoms with E-state index in [0.717, 1.165) is 10.7 Å². The van der Waals surface area contributed by atoms with Crippen molar-refractivity contribution in [1.82, 2.24) is 4.98 Å². The molecule has 0 fully saturated rings. The normalized spacial score (nSPS) is 9.55. The molecule has 0 radical (unpaired) electrons. The minimum absolute atomic E-state index is 0.482. The summed E-state index contributed by atoms with van der Waals surface area (Å²) < 4.78 is 0. The van der Waals surface area contributed by atoms with Gasteiger partial charge in [0.05, 0.1) is 10.7 Å². The molecule has 0 aliphatic heterocycles. The molecule has 2 nitrogen and oxygen atoms in total. The van der Waals surface area contributed by atoms with E-state index in [-0.39, 0.29) is 0 Å². The average molecular weight is 166 g/mol. The fourth-order valence-corrected chi connectivity index (χ4v) is 1.29. The molecule has 0 aliphatic carbocycles. The molecule has 0 spiro atoms. The molecule has 58 valence electrons. The first-order valence-corrected chi connectivity index (χ1v) is 4.05. The van der Waals surface area contributed by atoms with Crippen LogP contribution in [0.5, 0.6) is 0 Å². The maximum Gasteiger partial charge on any atom is 0.0901 e. The second-order valence-corrected chi connectivity index (χ2v) is 3.32. The zero-order valence-electron chi connectivity index (χ0n) is 6.42. The molecule has 0 saturated carbocycles. The molecular weight excluding hydrogens is 156 g/mol. The highest BCUT2D eigenvalue weighted by Gasteiger charge is 2.02. The smallest absolute Gasteiger partial charge is 0.0901 e. The first kappa shape index (κ1) is 8.01. The van der Waals surface area contributed by atoms with Gasteiger partial charge in [-0.15, -0.1) is 11.3 Å². The lowest BCUT2D eigenvalue weighted by Gasteiger charge is -1.97. The highest BCUT2D eigenvalue weighted by molar-refractivity contribution is 7.09. The van der Waals surface area contributed by atoms with E-state index in [1.54, 1.807) is 11.3 Å². The summed E-state index contributed by atoms with van der Waals surface area (Å²) in [7, 11) is 0. The summed E-state index contributed by atoms with van der Waals surface area (Å²) in [6.45, 7) is 9.29. The van der Waals surface area contributed by atoms with Crippen LogP contribution >= 0.6 is 11.3 Å². The lowest BCUT2D eigenvalue weighted by Crippen LogP contribution is -1.97. The quantitative estimate of drug-likeness (QED) is 0.682. The Bertz CT molecular complexity index is 299. The Morgan fingerprint density at radius 2 is 2.27 bits per heavy atom. The third-order valence-corrected chi connectivity index (χ3v) is 2.09. The Labute approximate surface area is 70.1 Å². The summed E-state index contributed by atoms with van der Waals surface area (Å²) in [6.07, 6.45) is 0. The first-order valence-electron chi connectivity index (χ1n) is 3.17. The Morgan fingerprint density at radius 1 is 1.64 bits per heavy atom. The summed E-state index contributed by atoms with van der Waals surface area (Å²) >= 11 is 1.58. The largest absolute Gasteiger partial charge is 0.399 e. The van der Waals surface area contributed by atoms with E-state index in [0.29, 0.717) is 11.3 Å². The van der Waals surface area contributed by atoms with Crippen molar-refractivity contribution in [3.05, 3.63) is 34.9 Å². The van der Waals surface area contributed by atoms with Gasteiger partial charge in [0, 0.05) is 16.7 Å². The van der Waals surface area contributed by atoms with Crippen LogP contribution in [0.2, 0.25) is 0 Å². The van der Waals surface area contributed by atoms with Crippen LogP contribution in [0.4, 0.5) is 0 Å². The van der Waals surface area contributed by atoms with Crippen molar-refractivity contribution < 1.29 is 0 Å². The number of hydrogen-bond donors (Lipinski definition) is 1. The lowest BCUT2D eigenvalue weighted by atomic mass is 10.2. The number of nitrogens with zero attached hydrogens (tertiary/aromatic N) is 1. The van der Waals surface area contributed by atoms with Crippen molar-refractivity contribution in [1.29, 1.82) is 0 Å². The highest BCUT2D eigenvalue weighted by Crippen LogP contribution is 2.18. The number of aryl methyl sites for hydroxylation is 1. The van der Waals surface area contributed by atoms with Crippen molar-refractivity contribution in [3.8, 4) is 0 Å². The van der Waals surface area contributed by atoms with Crippen molar-refractivity contribution in [2.75, 3.05) is 0 Å². The third kappa shape index (κ3) is 1.68. The van der Waals surface area contributed by atoms with Crippen LogP contribution in [-0.2, 0) is 0 Å². The molecular formula is C8H10N2S. The molecule has 0 aliphatic rings. The van der Waals surface area contributed by atoms with Gasteiger partial charge in [0.1, 0.15) is 0 Å². The predicted octanol–water partition coefficient (Wildman–Crippen LogP) is 1.94. The maximum atomic E-state index is 5.45. The van der Waals surface area contributed by atoms with Gasteiger partial charge in [0.25, 0.3) is 0 Å². The molecule has 2 N–H and O–H groups in total. The molecule has 0 bridgehead atoms. The first-order chi connectivity index (χ1) is 5.11. The standard InChI is InChI=1S/C8H10N2S/c1-5(6(2)9)8-4-11-7(3)10-8/h4H,1-2,9H2,3H3. The van der Waals surface area contributed by atoms with Crippen LogP contribution in [0.25, 0.3) is 5.57 Å². The number of aromatic nitrogens is 1. The van der Waals surface area contributed by atoms with Crippen LogP contribution in [0.1, 0.15) is 10.7 Å². The second kappa shape index (κ2) is 2.88. The van der Waals surface area contributed by atoms with Gasteiger partial charge in [0.15, 0.2) is 0 Å². The summed E-state index contributed by atoms with van der Waals surface area (Å²) in [6, 6.07) is 0. The number of allylic oxidation sites excluding steroid dienone is 1. The Morgan fingerprint density at radius 3 is 2.64 bits per heavy atom. The number of hydrogen-bond acceptors (Lipinski definition) is 3. The van der Waals surface area contributed by atoms with E-state index in [1.807, 2.05) is 12.3 Å². The van der Waals surface area contributed by atoms with Crippen LogP contribution < -0.4 is 5.73 Å². The van der Waals surface area contributed by atoms with Gasteiger partial charge < -0.3 is 5.73 Å². The van der Waals surface area contributed by atoms with Crippen molar-refractivity contribution in [3.63, 3.8) is 0 Å². The molecule has 0 unspecified atom stereocenters. The molecule has 3 heteroatoms. The van der Waals surface area contributed by atoms with Gasteiger partial charge in [-0.1, -0.05) is 13.2 Å². The third-order valence-electron chi connectivity index (χ3n) is 1.32. The van der Waals surface area contributed by atoms with Gasteiger partial charge in [-0.05, 0) is 6.92 Å². The van der Waals surface area contributed by atoms with Gasteiger partial charge in [-0.3, -0.25) is 0 Å². The zero-order chi connectivity index (χ0) is 8.43. The van der Waals surface area contributed by atoms with Crippen LogP contribution in [0.15, 0.2) is 24.2 Å². The van der Waals surface area contributed by atoms with E-state index in [9.17, 15) is 0 Å². The molecule has 0 aromatic carbocycles. The van der Waals surface area contributed by atoms with Crippen molar-refractivity contribution >= 4 is 16.9 Å². The van der Waals surface area contributed by atoms with E-state index in [1.165, 1.54) is 0 Å². The summed E-state index contributed by atoms with van der Waals surface area (Å²) in [5.41, 5.74) is 7.48. The Hall–Kier alpha value is -1.09. The van der Waals surface area contributed by atoms with E-state index in [2.05, 4.69) is 18.1 Å². The highest BCUT2D eigenvalue weighted by atomic mass is 32.1. The van der Waals surface area contributed by atoms with Crippen LogP contribution in [0, 0.1) is 6.92 Å². The predicted molar refractivity (Wildman–Crippen MR) is 49.2 cm³/mol. The maximum absolute atomic E-state index is 5.45. The van der Waals surface area contributed by atoms with E-state index < -0.39 is 0 Å². The molecule has 1 rings (SSSR count). The molecule has 0 amide bonds. The van der Waals surface area contributed by atoms with Gasteiger partial charge >= 0.3 is 0 Å². The summed E-state index contributed by atoms with van der Waals surface area (Å²) in [4.78, 5) is 4.21. The zero-order valence-corrected chi connectivity index (χ0v) is 7.24. The van der Waals surface area contributed by atoms with Crippen molar-refractivity contribution in [2.45, 2.75) is 6.92 Å². The van der Waals surface area contributed by atoms with Gasteiger partial charge in [0.2, 0.25) is 0 Å². The topological polar surface area (TPSA) is 38.9 Å². The molecule has 0 atom stereocenters. The number of rotatable bonds is 2. The molecule has 11 heavy (non-hydrogen) atoms. The van der Waals surface area contributed by atoms with E-state index in [4.69, 9.17) is 5.73 Å². The summed E-state index contributed by atoms with van der Waals surface area (Å²) in [5.74, 6) is 0. The monoisotopic (exact) mass is 166 g/mol. The lowest BCUT2D eigenvalue weighted by molar-refractivity contribution is 1.25. The van der Waals surface area contributed by atoms with Crippen LogP contribution in [0.3, 0.4) is 0 Å². The second-order valence-electron chi connectivity index (χ2n) is 2.26.